The van der Waals surface area contributed by atoms with Gasteiger partial charge in [-0.1, -0.05) is 54.1 Å². The molecule has 4 N–H and O–H groups in total. The smallest absolute Gasteiger partial charge is 0.274 e. The average Bonchev–Trinajstić information content (AvgIpc) is 2.67. The second-order valence-electron chi connectivity index (χ2n) is 5.62. The molecule has 1 amide bonds. The van der Waals surface area contributed by atoms with Crippen LogP contribution in [0.3, 0.4) is 0 Å². The van der Waals surface area contributed by atoms with Gasteiger partial charge in [0.15, 0.2) is 11.5 Å². The maximum Gasteiger partial charge on any atom is 0.274 e. The molecule has 0 bridgehead atoms. The van der Waals surface area contributed by atoms with Crippen LogP contribution in [0.25, 0.3) is 11.3 Å². The highest BCUT2D eigenvalue weighted by Crippen LogP contribution is 2.21. The summed E-state index contributed by atoms with van der Waals surface area (Å²) in [6.45, 7) is -0.250. The van der Waals surface area contributed by atoms with Gasteiger partial charge in [-0.3, -0.25) is 4.79 Å². The summed E-state index contributed by atoms with van der Waals surface area (Å²) in [4.78, 5) is 21.0. The molecule has 3 aromatic rings. The quantitative estimate of drug-likeness (QED) is 0.642. The molecule has 0 aliphatic rings. The Morgan fingerprint density at radius 2 is 1.85 bits per heavy atom. The van der Waals surface area contributed by atoms with Crippen LogP contribution < -0.4 is 11.1 Å². The first-order chi connectivity index (χ1) is 12.6. The van der Waals surface area contributed by atoms with E-state index >= 15 is 0 Å². The summed E-state index contributed by atoms with van der Waals surface area (Å²) in [6, 6.07) is 15.6. The average molecular weight is 369 g/mol. The van der Waals surface area contributed by atoms with Gasteiger partial charge in [-0.2, -0.15) is 0 Å². The van der Waals surface area contributed by atoms with E-state index in [4.69, 9.17) is 17.3 Å². The second kappa shape index (κ2) is 7.95. The SMILES string of the molecule is Nc1ncc(-c2ccc(Cl)cc2)nc1C(=O)N[C@H](CO)c1ccccc1. The van der Waals surface area contributed by atoms with E-state index in [1.54, 1.807) is 24.3 Å². The van der Waals surface area contributed by atoms with E-state index in [1.165, 1.54) is 6.20 Å². The van der Waals surface area contributed by atoms with Crippen LogP contribution in [0.5, 0.6) is 0 Å². The minimum Gasteiger partial charge on any atom is -0.394 e. The molecule has 1 heterocycles. The Hall–Kier alpha value is -2.96. The van der Waals surface area contributed by atoms with Crippen LogP contribution in [0.15, 0.2) is 60.8 Å². The van der Waals surface area contributed by atoms with Gasteiger partial charge in [-0.05, 0) is 17.7 Å². The molecule has 0 aliphatic carbocycles. The van der Waals surface area contributed by atoms with Crippen molar-refractivity contribution in [1.29, 1.82) is 0 Å². The number of nitrogens with two attached hydrogens (primary N) is 1. The number of aromatic nitrogens is 2. The number of carbonyl (C=O) groups excluding carboxylic acids is 1. The zero-order chi connectivity index (χ0) is 18.5. The molecule has 2 aromatic carbocycles. The molecule has 0 radical (unpaired) electrons. The fourth-order valence-corrected chi connectivity index (χ4v) is 2.60. The van der Waals surface area contributed by atoms with Crippen molar-refractivity contribution in [2.75, 3.05) is 12.3 Å². The first-order valence-electron chi connectivity index (χ1n) is 7.93. The number of amides is 1. The number of carbonyl (C=O) groups is 1. The first kappa shape index (κ1) is 17.8. The summed E-state index contributed by atoms with van der Waals surface area (Å²) in [6.07, 6.45) is 1.50. The van der Waals surface area contributed by atoms with E-state index in [9.17, 15) is 9.90 Å². The number of aliphatic hydroxyl groups is 1. The number of anilines is 1. The summed E-state index contributed by atoms with van der Waals surface area (Å²) in [7, 11) is 0. The maximum absolute atomic E-state index is 12.6. The maximum atomic E-state index is 12.6. The topological polar surface area (TPSA) is 101 Å². The van der Waals surface area contributed by atoms with Gasteiger partial charge in [-0.15, -0.1) is 0 Å². The van der Waals surface area contributed by atoms with Crippen LogP contribution in [0.1, 0.15) is 22.1 Å². The Labute approximate surface area is 155 Å². The number of aliphatic hydroxyl groups excluding tert-OH is 1. The van der Waals surface area contributed by atoms with E-state index < -0.39 is 11.9 Å². The number of nitrogens with zero attached hydrogens (tertiary/aromatic N) is 2. The number of halogens is 1. The van der Waals surface area contributed by atoms with E-state index in [-0.39, 0.29) is 18.1 Å². The third-order valence-corrected chi connectivity index (χ3v) is 4.10. The fourth-order valence-electron chi connectivity index (χ4n) is 2.47. The van der Waals surface area contributed by atoms with Gasteiger partial charge >= 0.3 is 0 Å². The molecule has 1 atom stereocenters. The van der Waals surface area contributed by atoms with Gasteiger partial charge in [0.2, 0.25) is 0 Å². The van der Waals surface area contributed by atoms with Gasteiger partial charge in [0, 0.05) is 10.6 Å². The van der Waals surface area contributed by atoms with Crippen molar-refractivity contribution in [2.45, 2.75) is 6.04 Å². The Balaban J connectivity index is 1.87. The normalized spacial score (nSPS) is 11.8. The Kier molecular flexibility index (Phi) is 5.46. The molecular weight excluding hydrogens is 352 g/mol. The molecule has 7 heteroatoms. The number of nitrogens with one attached hydrogen (secondary N) is 1. The molecule has 132 valence electrons. The van der Waals surface area contributed by atoms with Gasteiger partial charge in [0.05, 0.1) is 24.5 Å². The zero-order valence-electron chi connectivity index (χ0n) is 13.8. The standard InChI is InChI=1S/C19H17ClN4O2/c20-14-8-6-13(7-9-14)15-10-22-18(21)17(23-15)19(26)24-16(11-25)12-4-2-1-3-5-12/h1-10,16,25H,11H2,(H2,21,22)(H,24,26)/t16-/m1/s1. The molecule has 1 aromatic heterocycles. The third kappa shape index (κ3) is 3.99. The van der Waals surface area contributed by atoms with E-state index in [2.05, 4.69) is 15.3 Å². The minimum atomic E-state index is -0.566. The van der Waals surface area contributed by atoms with Crippen LogP contribution in [0, 0.1) is 0 Å². The highest BCUT2D eigenvalue weighted by atomic mass is 35.5. The number of benzene rings is 2. The lowest BCUT2D eigenvalue weighted by Crippen LogP contribution is -2.32. The van der Waals surface area contributed by atoms with Crippen molar-refractivity contribution in [3.05, 3.63) is 77.1 Å². The lowest BCUT2D eigenvalue weighted by Gasteiger charge is -2.17. The molecule has 0 aliphatic heterocycles. The summed E-state index contributed by atoms with van der Waals surface area (Å²) in [5, 5.41) is 12.9. The summed E-state index contributed by atoms with van der Waals surface area (Å²) in [5.74, 6) is -0.487. The predicted molar refractivity (Wildman–Crippen MR) is 101 cm³/mol. The summed E-state index contributed by atoms with van der Waals surface area (Å²) >= 11 is 5.89. The molecule has 0 fully saturated rings. The van der Waals surface area contributed by atoms with Crippen molar-refractivity contribution in [2.24, 2.45) is 0 Å². The monoisotopic (exact) mass is 368 g/mol. The van der Waals surface area contributed by atoms with Gasteiger partial charge in [0.25, 0.3) is 5.91 Å². The number of rotatable bonds is 5. The van der Waals surface area contributed by atoms with Crippen molar-refractivity contribution in [3.63, 3.8) is 0 Å². The Morgan fingerprint density at radius 3 is 2.50 bits per heavy atom. The van der Waals surface area contributed by atoms with Crippen LogP contribution in [0.4, 0.5) is 5.82 Å². The van der Waals surface area contributed by atoms with Crippen molar-refractivity contribution < 1.29 is 9.90 Å². The lowest BCUT2D eigenvalue weighted by molar-refractivity contribution is 0.0912. The van der Waals surface area contributed by atoms with Gasteiger partial charge in [0.1, 0.15) is 0 Å². The minimum absolute atomic E-state index is 0.00633. The molecule has 0 saturated carbocycles. The number of hydrogen-bond donors (Lipinski definition) is 3. The van der Waals surface area contributed by atoms with Gasteiger partial charge < -0.3 is 16.2 Å². The predicted octanol–water partition coefficient (Wildman–Crippen LogP) is 2.84. The third-order valence-electron chi connectivity index (χ3n) is 3.85. The van der Waals surface area contributed by atoms with Crippen molar-refractivity contribution in [1.82, 2.24) is 15.3 Å². The van der Waals surface area contributed by atoms with Gasteiger partial charge in [-0.25, -0.2) is 9.97 Å². The molecule has 0 unspecified atom stereocenters. The van der Waals surface area contributed by atoms with Crippen molar-refractivity contribution in [3.8, 4) is 11.3 Å². The van der Waals surface area contributed by atoms with E-state index in [0.717, 1.165) is 11.1 Å². The zero-order valence-corrected chi connectivity index (χ0v) is 14.5. The Bertz CT molecular complexity index is 901. The van der Waals surface area contributed by atoms with E-state index in [0.29, 0.717) is 10.7 Å². The summed E-state index contributed by atoms with van der Waals surface area (Å²) < 4.78 is 0. The molecule has 0 spiro atoms. The molecular formula is C19H17ClN4O2. The molecule has 26 heavy (non-hydrogen) atoms. The van der Waals surface area contributed by atoms with Crippen LogP contribution in [-0.4, -0.2) is 27.6 Å². The first-order valence-corrected chi connectivity index (χ1v) is 8.31. The molecule has 6 nitrogen and oxygen atoms in total. The van der Waals surface area contributed by atoms with E-state index in [1.807, 2.05) is 30.3 Å². The van der Waals surface area contributed by atoms with Crippen LogP contribution >= 0.6 is 11.6 Å². The lowest BCUT2D eigenvalue weighted by atomic mass is 10.1. The van der Waals surface area contributed by atoms with Crippen LogP contribution in [0.2, 0.25) is 5.02 Å². The largest absolute Gasteiger partial charge is 0.394 e. The number of hydrogen-bond acceptors (Lipinski definition) is 5. The summed E-state index contributed by atoms with van der Waals surface area (Å²) in [5.41, 5.74) is 7.88. The number of nitrogen functional groups attached to an aromatic ring is 1. The molecule has 3 rings (SSSR count). The van der Waals surface area contributed by atoms with Crippen LogP contribution in [-0.2, 0) is 0 Å². The van der Waals surface area contributed by atoms with Crippen molar-refractivity contribution >= 4 is 23.3 Å². The highest BCUT2D eigenvalue weighted by Gasteiger charge is 2.19. The fraction of sp³-hybridized carbons (Fsp3) is 0.105. The Morgan fingerprint density at radius 1 is 1.15 bits per heavy atom. The molecule has 0 saturated heterocycles. The highest BCUT2D eigenvalue weighted by molar-refractivity contribution is 6.30. The second-order valence-corrected chi connectivity index (χ2v) is 6.05.